The monoisotopic (exact) mass is 300 g/mol. The van der Waals surface area contributed by atoms with Crippen LogP contribution in [-0.2, 0) is 0 Å². The average Bonchev–Trinajstić information content (AvgIpc) is 2.51. The average molecular weight is 300 g/mol. The maximum absolute atomic E-state index is 12.3. The SMILES string of the molecule is COc1ccc(C(=O)Nc2c([N+](=O)[O-])ccc(C)c2C)cc1. The Morgan fingerprint density at radius 1 is 1.14 bits per heavy atom. The van der Waals surface area contributed by atoms with Gasteiger partial charge in [0.1, 0.15) is 11.4 Å². The first-order valence-electron chi connectivity index (χ1n) is 6.64. The zero-order valence-corrected chi connectivity index (χ0v) is 12.5. The number of carbonyl (C=O) groups excluding carboxylic acids is 1. The molecule has 0 aliphatic rings. The van der Waals surface area contributed by atoms with Crippen LogP contribution in [0.4, 0.5) is 11.4 Å². The summed E-state index contributed by atoms with van der Waals surface area (Å²) in [5.74, 6) is 0.230. The van der Waals surface area contributed by atoms with Gasteiger partial charge in [0.05, 0.1) is 12.0 Å². The number of anilines is 1. The van der Waals surface area contributed by atoms with Crippen LogP contribution in [0.5, 0.6) is 5.75 Å². The van der Waals surface area contributed by atoms with E-state index in [1.165, 1.54) is 13.2 Å². The number of nitro groups is 1. The topological polar surface area (TPSA) is 81.5 Å². The lowest BCUT2D eigenvalue weighted by Crippen LogP contribution is -2.14. The van der Waals surface area contributed by atoms with E-state index in [1.807, 2.05) is 6.92 Å². The van der Waals surface area contributed by atoms with E-state index >= 15 is 0 Å². The Kier molecular flexibility index (Phi) is 4.41. The molecule has 2 aromatic carbocycles. The van der Waals surface area contributed by atoms with Crippen molar-refractivity contribution in [2.45, 2.75) is 13.8 Å². The van der Waals surface area contributed by atoms with Gasteiger partial charge in [-0.2, -0.15) is 0 Å². The summed E-state index contributed by atoms with van der Waals surface area (Å²) in [5, 5.41) is 13.8. The number of nitrogens with one attached hydrogen (secondary N) is 1. The van der Waals surface area contributed by atoms with Gasteiger partial charge < -0.3 is 10.1 Å². The van der Waals surface area contributed by atoms with Gasteiger partial charge >= 0.3 is 0 Å². The number of hydrogen-bond donors (Lipinski definition) is 1. The standard InChI is InChI=1S/C16H16N2O4/c1-10-4-9-14(18(20)21)15(11(10)2)17-16(19)12-5-7-13(22-3)8-6-12/h4-9H,1-3H3,(H,17,19). The fourth-order valence-electron chi connectivity index (χ4n) is 2.04. The van der Waals surface area contributed by atoms with Crippen LogP contribution in [-0.4, -0.2) is 17.9 Å². The summed E-state index contributed by atoms with van der Waals surface area (Å²) >= 11 is 0. The van der Waals surface area contributed by atoms with Crippen LogP contribution in [0.1, 0.15) is 21.5 Å². The summed E-state index contributed by atoms with van der Waals surface area (Å²) in [7, 11) is 1.54. The largest absolute Gasteiger partial charge is 0.497 e. The summed E-state index contributed by atoms with van der Waals surface area (Å²) in [6.45, 7) is 3.58. The highest BCUT2D eigenvalue weighted by molar-refractivity contribution is 6.06. The zero-order valence-electron chi connectivity index (χ0n) is 12.5. The number of nitro benzene ring substituents is 1. The number of carbonyl (C=O) groups is 1. The van der Waals surface area contributed by atoms with Gasteiger partial charge in [-0.15, -0.1) is 0 Å². The highest BCUT2D eigenvalue weighted by Gasteiger charge is 2.19. The highest BCUT2D eigenvalue weighted by atomic mass is 16.6. The van der Waals surface area contributed by atoms with Crippen molar-refractivity contribution in [3.05, 3.63) is 63.2 Å². The van der Waals surface area contributed by atoms with Crippen molar-refractivity contribution in [2.24, 2.45) is 0 Å². The van der Waals surface area contributed by atoms with Gasteiger partial charge in [-0.1, -0.05) is 6.07 Å². The molecule has 0 spiro atoms. The molecule has 0 aliphatic carbocycles. The Hall–Kier alpha value is -2.89. The van der Waals surface area contributed by atoms with Crippen LogP contribution in [0, 0.1) is 24.0 Å². The smallest absolute Gasteiger partial charge is 0.293 e. The van der Waals surface area contributed by atoms with E-state index in [-0.39, 0.29) is 11.4 Å². The number of amides is 1. The van der Waals surface area contributed by atoms with Crippen LogP contribution >= 0.6 is 0 Å². The van der Waals surface area contributed by atoms with Crippen molar-refractivity contribution in [3.63, 3.8) is 0 Å². The molecule has 0 unspecified atom stereocenters. The lowest BCUT2D eigenvalue weighted by molar-refractivity contribution is -0.384. The first kappa shape index (κ1) is 15.5. The first-order valence-corrected chi connectivity index (χ1v) is 6.64. The van der Waals surface area contributed by atoms with Crippen molar-refractivity contribution < 1.29 is 14.5 Å². The number of benzene rings is 2. The molecule has 1 amide bonds. The molecule has 6 heteroatoms. The Bertz CT molecular complexity index is 724. The second-order valence-electron chi connectivity index (χ2n) is 4.84. The van der Waals surface area contributed by atoms with Gasteiger partial charge in [-0.3, -0.25) is 14.9 Å². The maximum atomic E-state index is 12.3. The summed E-state index contributed by atoms with van der Waals surface area (Å²) < 4.78 is 5.03. The zero-order chi connectivity index (χ0) is 16.3. The molecule has 0 saturated heterocycles. The Morgan fingerprint density at radius 2 is 1.77 bits per heavy atom. The second-order valence-corrected chi connectivity index (χ2v) is 4.84. The fourth-order valence-corrected chi connectivity index (χ4v) is 2.04. The van der Waals surface area contributed by atoms with E-state index in [9.17, 15) is 14.9 Å². The Morgan fingerprint density at radius 3 is 2.32 bits per heavy atom. The number of ether oxygens (including phenoxy) is 1. The first-order chi connectivity index (χ1) is 10.4. The van der Waals surface area contributed by atoms with Crippen molar-refractivity contribution in [3.8, 4) is 5.75 Å². The summed E-state index contributed by atoms with van der Waals surface area (Å²) in [4.78, 5) is 22.9. The van der Waals surface area contributed by atoms with E-state index in [0.717, 1.165) is 5.56 Å². The summed E-state index contributed by atoms with van der Waals surface area (Å²) in [6.07, 6.45) is 0. The molecule has 0 fully saturated rings. The molecule has 0 aliphatic heterocycles. The molecule has 22 heavy (non-hydrogen) atoms. The van der Waals surface area contributed by atoms with Crippen molar-refractivity contribution in [2.75, 3.05) is 12.4 Å². The van der Waals surface area contributed by atoms with Crippen LogP contribution in [0.3, 0.4) is 0 Å². The number of nitrogens with zero attached hydrogens (tertiary/aromatic N) is 1. The molecule has 0 atom stereocenters. The summed E-state index contributed by atoms with van der Waals surface area (Å²) in [6, 6.07) is 9.58. The third-order valence-electron chi connectivity index (χ3n) is 3.50. The molecule has 6 nitrogen and oxygen atoms in total. The molecule has 0 saturated carbocycles. The molecular formula is C16H16N2O4. The number of hydrogen-bond acceptors (Lipinski definition) is 4. The van der Waals surface area contributed by atoms with E-state index < -0.39 is 10.8 Å². The molecule has 0 radical (unpaired) electrons. The predicted molar refractivity (Wildman–Crippen MR) is 83.5 cm³/mol. The van der Waals surface area contributed by atoms with Crippen LogP contribution < -0.4 is 10.1 Å². The third kappa shape index (κ3) is 3.06. The van der Waals surface area contributed by atoms with E-state index in [1.54, 1.807) is 37.3 Å². The van der Waals surface area contributed by atoms with Crippen LogP contribution in [0.2, 0.25) is 0 Å². The minimum absolute atomic E-state index is 0.120. The third-order valence-corrected chi connectivity index (χ3v) is 3.50. The van der Waals surface area contributed by atoms with Gasteiger partial charge in [-0.05, 0) is 49.2 Å². The van der Waals surface area contributed by atoms with E-state index in [2.05, 4.69) is 5.32 Å². The molecule has 2 aromatic rings. The van der Waals surface area contributed by atoms with Gasteiger partial charge in [0, 0.05) is 11.6 Å². The normalized spacial score (nSPS) is 10.1. The van der Waals surface area contributed by atoms with Crippen molar-refractivity contribution in [1.82, 2.24) is 0 Å². The fraction of sp³-hybridized carbons (Fsp3) is 0.188. The van der Waals surface area contributed by atoms with Crippen LogP contribution in [0.25, 0.3) is 0 Å². The molecule has 0 bridgehead atoms. The number of methoxy groups -OCH3 is 1. The number of aryl methyl sites for hydroxylation is 1. The lowest BCUT2D eigenvalue weighted by atomic mass is 10.1. The van der Waals surface area contributed by atoms with Gasteiger partial charge in [-0.25, -0.2) is 0 Å². The lowest BCUT2D eigenvalue weighted by Gasteiger charge is -2.11. The Balaban J connectivity index is 2.35. The number of rotatable bonds is 4. The molecular weight excluding hydrogens is 284 g/mol. The minimum atomic E-state index is -0.504. The summed E-state index contributed by atoms with van der Waals surface area (Å²) in [5.41, 5.74) is 2.05. The van der Waals surface area contributed by atoms with Gasteiger partial charge in [0.2, 0.25) is 0 Å². The minimum Gasteiger partial charge on any atom is -0.497 e. The Labute approximate surface area is 127 Å². The highest BCUT2D eigenvalue weighted by Crippen LogP contribution is 2.30. The molecule has 1 N–H and O–H groups in total. The van der Waals surface area contributed by atoms with Crippen LogP contribution in [0.15, 0.2) is 36.4 Å². The van der Waals surface area contributed by atoms with Crippen molar-refractivity contribution in [1.29, 1.82) is 0 Å². The van der Waals surface area contributed by atoms with Gasteiger partial charge in [0.25, 0.3) is 11.6 Å². The molecule has 2 rings (SSSR count). The van der Waals surface area contributed by atoms with E-state index in [4.69, 9.17) is 4.74 Å². The maximum Gasteiger partial charge on any atom is 0.293 e. The quantitative estimate of drug-likeness (QED) is 0.692. The predicted octanol–water partition coefficient (Wildman–Crippen LogP) is 3.47. The van der Waals surface area contributed by atoms with Gasteiger partial charge in [0.15, 0.2) is 0 Å². The molecule has 114 valence electrons. The van der Waals surface area contributed by atoms with E-state index in [0.29, 0.717) is 16.9 Å². The second kappa shape index (κ2) is 6.26. The molecule has 0 aromatic heterocycles. The van der Waals surface area contributed by atoms with Crippen molar-refractivity contribution >= 4 is 17.3 Å². The molecule has 0 heterocycles.